The van der Waals surface area contributed by atoms with Gasteiger partial charge in [-0.3, -0.25) is 0 Å². The topological polar surface area (TPSA) is 74.2 Å². The third-order valence-corrected chi connectivity index (χ3v) is 3.59. The summed E-state index contributed by atoms with van der Waals surface area (Å²) in [6.07, 6.45) is 0.545. The van der Waals surface area contributed by atoms with Crippen molar-refractivity contribution in [3.8, 4) is 5.75 Å². The smallest absolute Gasteiger partial charge is 0.268 e. The van der Waals surface area contributed by atoms with Crippen LogP contribution in [0.3, 0.4) is 0 Å². The fraction of sp³-hybridized carbons (Fsp3) is 0.467. The lowest BCUT2D eigenvalue weighted by Crippen LogP contribution is -2.27. The molecular formula is C15H19N3O2. The molecule has 2 unspecified atom stereocenters. The van der Waals surface area contributed by atoms with E-state index in [0.717, 1.165) is 17.7 Å². The average molecular weight is 273 g/mol. The summed E-state index contributed by atoms with van der Waals surface area (Å²) in [6, 6.07) is 7.69. The molecule has 1 aliphatic rings. The van der Waals surface area contributed by atoms with Crippen LogP contribution in [0.2, 0.25) is 0 Å². The summed E-state index contributed by atoms with van der Waals surface area (Å²) in [4.78, 5) is 4.41. The first-order valence-corrected chi connectivity index (χ1v) is 6.79. The molecule has 2 atom stereocenters. The van der Waals surface area contributed by atoms with E-state index in [1.54, 1.807) is 0 Å². The summed E-state index contributed by atoms with van der Waals surface area (Å²) in [5.74, 6) is 1.92. The van der Waals surface area contributed by atoms with Gasteiger partial charge in [0, 0.05) is 6.42 Å². The number of nitrogens with zero attached hydrogens (tertiary/aromatic N) is 2. The van der Waals surface area contributed by atoms with Gasteiger partial charge < -0.3 is 15.0 Å². The van der Waals surface area contributed by atoms with Crippen molar-refractivity contribution in [2.24, 2.45) is 11.1 Å². The second kappa shape index (κ2) is 4.59. The van der Waals surface area contributed by atoms with Gasteiger partial charge in [-0.2, -0.15) is 4.98 Å². The van der Waals surface area contributed by atoms with Crippen molar-refractivity contribution < 1.29 is 9.26 Å². The van der Waals surface area contributed by atoms with Crippen molar-refractivity contribution in [2.75, 3.05) is 0 Å². The SMILES string of the molecule is CC(C)(C)C(N)c1noc(C2Cc3ccccc3O2)n1. The molecule has 1 aliphatic heterocycles. The normalized spacial score (nSPS) is 19.5. The molecular weight excluding hydrogens is 254 g/mol. The lowest BCUT2D eigenvalue weighted by molar-refractivity contribution is 0.183. The second-order valence-electron chi connectivity index (χ2n) is 6.25. The number of rotatable bonds is 2. The van der Waals surface area contributed by atoms with Crippen molar-refractivity contribution in [1.29, 1.82) is 0 Å². The first kappa shape index (κ1) is 13.1. The minimum Gasteiger partial charge on any atom is -0.480 e. The van der Waals surface area contributed by atoms with Gasteiger partial charge >= 0.3 is 0 Å². The highest BCUT2D eigenvalue weighted by molar-refractivity contribution is 5.37. The fourth-order valence-corrected chi connectivity index (χ4v) is 2.21. The van der Waals surface area contributed by atoms with E-state index in [4.69, 9.17) is 15.0 Å². The van der Waals surface area contributed by atoms with Gasteiger partial charge in [-0.05, 0) is 17.0 Å². The zero-order valence-electron chi connectivity index (χ0n) is 12.0. The van der Waals surface area contributed by atoms with Crippen LogP contribution in [0.15, 0.2) is 28.8 Å². The van der Waals surface area contributed by atoms with E-state index >= 15 is 0 Å². The van der Waals surface area contributed by atoms with Gasteiger partial charge in [-0.1, -0.05) is 44.1 Å². The van der Waals surface area contributed by atoms with Crippen molar-refractivity contribution in [1.82, 2.24) is 10.1 Å². The number of fused-ring (bicyclic) bond motifs is 1. The molecule has 0 bridgehead atoms. The summed E-state index contributed by atoms with van der Waals surface area (Å²) < 4.78 is 11.2. The zero-order valence-corrected chi connectivity index (χ0v) is 12.0. The summed E-state index contributed by atoms with van der Waals surface area (Å²) in [5, 5.41) is 4.00. The molecule has 2 N–H and O–H groups in total. The quantitative estimate of drug-likeness (QED) is 0.910. The Morgan fingerprint density at radius 2 is 2.05 bits per heavy atom. The Hall–Kier alpha value is -1.88. The lowest BCUT2D eigenvalue weighted by atomic mass is 9.87. The summed E-state index contributed by atoms with van der Waals surface area (Å²) in [6.45, 7) is 6.15. The predicted octanol–water partition coefficient (Wildman–Crippen LogP) is 2.79. The molecule has 106 valence electrons. The van der Waals surface area contributed by atoms with Crippen LogP contribution in [0.25, 0.3) is 0 Å². The molecule has 20 heavy (non-hydrogen) atoms. The van der Waals surface area contributed by atoms with Crippen LogP contribution in [-0.4, -0.2) is 10.1 Å². The molecule has 2 aromatic rings. The molecule has 0 fully saturated rings. The van der Waals surface area contributed by atoms with E-state index in [0.29, 0.717) is 11.7 Å². The van der Waals surface area contributed by atoms with Crippen LogP contribution in [0, 0.1) is 5.41 Å². The first-order valence-electron chi connectivity index (χ1n) is 6.79. The molecule has 5 nitrogen and oxygen atoms in total. The third kappa shape index (κ3) is 2.29. The van der Waals surface area contributed by atoms with Crippen molar-refractivity contribution in [3.05, 3.63) is 41.5 Å². The molecule has 3 rings (SSSR count). The number of ether oxygens (including phenoxy) is 1. The van der Waals surface area contributed by atoms with E-state index < -0.39 is 0 Å². The molecule has 0 spiro atoms. The molecule has 1 aromatic heterocycles. The van der Waals surface area contributed by atoms with Gasteiger partial charge in [0.05, 0.1) is 6.04 Å². The highest BCUT2D eigenvalue weighted by Gasteiger charge is 2.32. The minimum absolute atomic E-state index is 0.110. The van der Waals surface area contributed by atoms with Gasteiger partial charge in [-0.25, -0.2) is 0 Å². The van der Waals surface area contributed by atoms with E-state index in [-0.39, 0.29) is 17.6 Å². The van der Waals surface area contributed by atoms with E-state index in [2.05, 4.69) is 30.9 Å². The van der Waals surface area contributed by atoms with Gasteiger partial charge in [0.2, 0.25) is 0 Å². The van der Waals surface area contributed by atoms with Crippen LogP contribution < -0.4 is 10.5 Å². The van der Waals surface area contributed by atoms with Gasteiger partial charge in [-0.15, -0.1) is 0 Å². The van der Waals surface area contributed by atoms with Crippen molar-refractivity contribution in [3.63, 3.8) is 0 Å². The van der Waals surface area contributed by atoms with Gasteiger partial charge in [0.15, 0.2) is 11.9 Å². The van der Waals surface area contributed by atoms with E-state index in [9.17, 15) is 0 Å². The number of hydrogen-bond acceptors (Lipinski definition) is 5. The molecule has 0 saturated heterocycles. The van der Waals surface area contributed by atoms with Crippen molar-refractivity contribution >= 4 is 0 Å². The van der Waals surface area contributed by atoms with E-state index in [1.165, 1.54) is 0 Å². The fourth-order valence-electron chi connectivity index (χ4n) is 2.21. The molecule has 1 aromatic carbocycles. The van der Waals surface area contributed by atoms with Crippen LogP contribution in [0.1, 0.15) is 50.2 Å². The molecule has 5 heteroatoms. The Bertz CT molecular complexity index is 591. The maximum Gasteiger partial charge on any atom is 0.268 e. The van der Waals surface area contributed by atoms with Crippen molar-refractivity contribution in [2.45, 2.75) is 39.3 Å². The largest absolute Gasteiger partial charge is 0.480 e. The second-order valence-corrected chi connectivity index (χ2v) is 6.25. The predicted molar refractivity (Wildman–Crippen MR) is 74.2 cm³/mol. The number of para-hydroxylation sites is 1. The molecule has 0 saturated carbocycles. The third-order valence-electron chi connectivity index (χ3n) is 3.59. The zero-order chi connectivity index (χ0) is 14.3. The highest BCUT2D eigenvalue weighted by atomic mass is 16.5. The number of aromatic nitrogens is 2. The molecule has 0 aliphatic carbocycles. The molecule has 0 radical (unpaired) electrons. The van der Waals surface area contributed by atoms with E-state index in [1.807, 2.05) is 24.3 Å². The minimum atomic E-state index is -0.260. The number of benzene rings is 1. The first-order chi connectivity index (χ1) is 9.45. The Balaban J connectivity index is 1.80. The maximum atomic E-state index is 6.14. The number of hydrogen-bond donors (Lipinski definition) is 1. The van der Waals surface area contributed by atoms with Crippen LogP contribution in [-0.2, 0) is 6.42 Å². The summed E-state index contributed by atoms with van der Waals surface area (Å²) in [5.41, 5.74) is 7.20. The maximum absolute atomic E-state index is 6.14. The lowest BCUT2D eigenvalue weighted by Gasteiger charge is -2.23. The Morgan fingerprint density at radius 1 is 1.30 bits per heavy atom. The van der Waals surface area contributed by atoms with Crippen LogP contribution in [0.4, 0.5) is 0 Å². The van der Waals surface area contributed by atoms with Gasteiger partial charge in [0.1, 0.15) is 5.75 Å². The highest BCUT2D eigenvalue weighted by Crippen LogP contribution is 2.36. The van der Waals surface area contributed by atoms with Gasteiger partial charge in [0.25, 0.3) is 5.89 Å². The number of nitrogens with two attached hydrogens (primary N) is 1. The molecule has 0 amide bonds. The Morgan fingerprint density at radius 3 is 2.75 bits per heavy atom. The van der Waals surface area contributed by atoms with Crippen LogP contribution in [0.5, 0.6) is 5.75 Å². The monoisotopic (exact) mass is 273 g/mol. The van der Waals surface area contributed by atoms with Crippen LogP contribution >= 0.6 is 0 Å². The summed E-state index contributed by atoms with van der Waals surface area (Å²) in [7, 11) is 0. The molecule has 2 heterocycles. The average Bonchev–Trinajstić information content (AvgIpc) is 3.03. The summed E-state index contributed by atoms with van der Waals surface area (Å²) >= 11 is 0. The standard InChI is InChI=1S/C15H19N3O2/c1-15(2,3)12(16)13-17-14(20-18-13)11-8-9-6-4-5-7-10(9)19-11/h4-7,11-12H,8,16H2,1-3H3. The Labute approximate surface area is 118 Å². The Kier molecular flexibility index (Phi) is 3.01.